The largest absolute Gasteiger partial charge is 0.330 e. The first-order valence-corrected chi connectivity index (χ1v) is 7.90. The fourth-order valence-corrected chi connectivity index (χ4v) is 3.02. The molecule has 7 nitrogen and oxygen atoms in total. The lowest BCUT2D eigenvalue weighted by Gasteiger charge is -2.27. The van der Waals surface area contributed by atoms with Crippen LogP contribution in [0.3, 0.4) is 0 Å². The zero-order valence-electron chi connectivity index (χ0n) is 11.7. The number of fused-ring (bicyclic) bond motifs is 1. The van der Waals surface area contributed by atoms with Crippen molar-refractivity contribution in [3.63, 3.8) is 0 Å². The molecule has 0 radical (unpaired) electrons. The SMILES string of the molecule is CSNc1ccc2c(c1)C(=O)N(C1CCC(=O)NC1=O)C2=O. The number of benzene rings is 1. The highest BCUT2D eigenvalue weighted by molar-refractivity contribution is 7.99. The van der Waals surface area contributed by atoms with Crippen LogP contribution in [0, 0.1) is 0 Å². The Morgan fingerprint density at radius 2 is 1.91 bits per heavy atom. The predicted octanol–water partition coefficient (Wildman–Crippen LogP) is 0.778. The molecule has 1 unspecified atom stereocenters. The van der Waals surface area contributed by atoms with Crippen LogP contribution in [0.2, 0.25) is 0 Å². The van der Waals surface area contributed by atoms with Crippen molar-refractivity contribution in [1.82, 2.24) is 10.2 Å². The zero-order valence-corrected chi connectivity index (χ0v) is 12.5. The smallest absolute Gasteiger partial charge is 0.262 e. The molecule has 2 aliphatic heterocycles. The molecule has 0 saturated carbocycles. The molecule has 8 heteroatoms. The van der Waals surface area contributed by atoms with E-state index in [2.05, 4.69) is 10.0 Å². The van der Waals surface area contributed by atoms with Gasteiger partial charge in [0.1, 0.15) is 6.04 Å². The van der Waals surface area contributed by atoms with Crippen molar-refractivity contribution in [3.05, 3.63) is 29.3 Å². The van der Waals surface area contributed by atoms with E-state index in [9.17, 15) is 19.2 Å². The quantitative estimate of drug-likeness (QED) is 0.631. The standard InChI is InChI=1S/C14H13N3O4S/c1-22-16-7-2-3-8-9(6-7)14(21)17(13(8)20)10-4-5-11(18)15-12(10)19/h2-3,6,10,16H,4-5H2,1H3,(H,15,18,19). The van der Waals surface area contributed by atoms with Crippen molar-refractivity contribution >= 4 is 41.3 Å². The van der Waals surface area contributed by atoms with E-state index in [1.54, 1.807) is 18.2 Å². The lowest BCUT2D eigenvalue weighted by atomic mass is 10.0. The van der Waals surface area contributed by atoms with Crippen molar-refractivity contribution < 1.29 is 19.2 Å². The summed E-state index contributed by atoms with van der Waals surface area (Å²) in [7, 11) is 0. The molecule has 1 aromatic carbocycles. The molecule has 114 valence electrons. The van der Waals surface area contributed by atoms with E-state index in [4.69, 9.17) is 0 Å². The summed E-state index contributed by atoms with van der Waals surface area (Å²) in [6, 6.07) is 3.94. The van der Waals surface area contributed by atoms with Crippen LogP contribution in [0.4, 0.5) is 5.69 Å². The van der Waals surface area contributed by atoms with Gasteiger partial charge in [-0.15, -0.1) is 0 Å². The number of carbonyl (C=O) groups excluding carboxylic acids is 4. The molecule has 1 atom stereocenters. The second-order valence-corrected chi connectivity index (χ2v) is 5.63. The van der Waals surface area contributed by atoms with Gasteiger partial charge in [-0.25, -0.2) is 0 Å². The zero-order chi connectivity index (χ0) is 15.9. The summed E-state index contributed by atoms with van der Waals surface area (Å²) < 4.78 is 2.99. The Morgan fingerprint density at radius 3 is 2.59 bits per heavy atom. The second kappa shape index (κ2) is 5.45. The summed E-state index contributed by atoms with van der Waals surface area (Å²) in [4.78, 5) is 49.0. The normalized spacial score (nSPS) is 21.0. The van der Waals surface area contributed by atoms with E-state index in [1.165, 1.54) is 11.9 Å². The number of hydrogen-bond donors (Lipinski definition) is 2. The average molecular weight is 319 g/mol. The first-order valence-electron chi connectivity index (χ1n) is 6.67. The number of imide groups is 2. The molecule has 0 bridgehead atoms. The average Bonchev–Trinajstić information content (AvgIpc) is 2.72. The molecule has 2 N–H and O–H groups in total. The molecular formula is C14H13N3O4S. The molecule has 0 aromatic heterocycles. The maximum Gasteiger partial charge on any atom is 0.262 e. The molecule has 2 heterocycles. The van der Waals surface area contributed by atoms with Crippen LogP contribution in [0.5, 0.6) is 0 Å². The molecule has 1 fully saturated rings. The molecule has 22 heavy (non-hydrogen) atoms. The molecular weight excluding hydrogens is 306 g/mol. The van der Waals surface area contributed by atoms with Gasteiger partial charge in [-0.3, -0.25) is 29.4 Å². The highest BCUT2D eigenvalue weighted by Gasteiger charge is 2.44. The van der Waals surface area contributed by atoms with E-state index >= 15 is 0 Å². The van der Waals surface area contributed by atoms with Gasteiger partial charge in [0.05, 0.1) is 11.1 Å². The van der Waals surface area contributed by atoms with E-state index in [0.717, 1.165) is 4.90 Å². The maximum absolute atomic E-state index is 12.5. The van der Waals surface area contributed by atoms with Crippen LogP contribution in [0.1, 0.15) is 33.6 Å². The number of anilines is 1. The third-order valence-electron chi connectivity index (χ3n) is 3.66. The molecule has 1 saturated heterocycles. The van der Waals surface area contributed by atoms with Gasteiger partial charge in [-0.05, 0) is 24.6 Å². The van der Waals surface area contributed by atoms with E-state index in [-0.39, 0.29) is 29.9 Å². The van der Waals surface area contributed by atoms with Gasteiger partial charge in [-0.1, -0.05) is 11.9 Å². The molecule has 4 amide bonds. The van der Waals surface area contributed by atoms with Crippen molar-refractivity contribution in [2.75, 3.05) is 11.0 Å². The van der Waals surface area contributed by atoms with Crippen molar-refractivity contribution in [2.24, 2.45) is 0 Å². The van der Waals surface area contributed by atoms with E-state index in [0.29, 0.717) is 5.69 Å². The highest BCUT2D eigenvalue weighted by Crippen LogP contribution is 2.29. The highest BCUT2D eigenvalue weighted by atomic mass is 32.2. The fraction of sp³-hybridized carbons (Fsp3) is 0.286. The minimum absolute atomic E-state index is 0.114. The summed E-state index contributed by atoms with van der Waals surface area (Å²) in [6.07, 6.45) is 2.12. The summed E-state index contributed by atoms with van der Waals surface area (Å²) >= 11 is 1.37. The number of carbonyl (C=O) groups is 4. The van der Waals surface area contributed by atoms with Crippen LogP contribution in [-0.4, -0.2) is 40.8 Å². The Bertz CT molecular complexity index is 703. The van der Waals surface area contributed by atoms with Gasteiger partial charge in [0.15, 0.2) is 0 Å². The van der Waals surface area contributed by atoms with Crippen LogP contribution in [0.15, 0.2) is 18.2 Å². The van der Waals surface area contributed by atoms with Crippen molar-refractivity contribution in [3.8, 4) is 0 Å². The van der Waals surface area contributed by atoms with Gasteiger partial charge < -0.3 is 4.72 Å². The predicted molar refractivity (Wildman–Crippen MR) is 80.3 cm³/mol. The minimum atomic E-state index is -0.929. The lowest BCUT2D eigenvalue weighted by Crippen LogP contribution is -2.54. The lowest BCUT2D eigenvalue weighted by molar-refractivity contribution is -0.136. The van der Waals surface area contributed by atoms with Gasteiger partial charge >= 0.3 is 0 Å². The van der Waals surface area contributed by atoms with Crippen LogP contribution in [-0.2, 0) is 9.59 Å². The first-order chi connectivity index (χ1) is 10.5. The monoisotopic (exact) mass is 319 g/mol. The van der Waals surface area contributed by atoms with Gasteiger partial charge in [-0.2, -0.15) is 0 Å². The third-order valence-corrected chi connectivity index (χ3v) is 4.10. The summed E-state index contributed by atoms with van der Waals surface area (Å²) in [5, 5.41) is 2.17. The summed E-state index contributed by atoms with van der Waals surface area (Å²) in [6.45, 7) is 0. The topological polar surface area (TPSA) is 95.6 Å². The number of nitrogens with zero attached hydrogens (tertiary/aromatic N) is 1. The molecule has 0 aliphatic carbocycles. The van der Waals surface area contributed by atoms with E-state index < -0.39 is 23.8 Å². The van der Waals surface area contributed by atoms with E-state index in [1.807, 2.05) is 6.26 Å². The van der Waals surface area contributed by atoms with Crippen LogP contribution in [0.25, 0.3) is 0 Å². The molecule has 1 aromatic rings. The Labute approximate surface area is 130 Å². The first kappa shape index (κ1) is 14.6. The van der Waals surface area contributed by atoms with Crippen molar-refractivity contribution in [2.45, 2.75) is 18.9 Å². The van der Waals surface area contributed by atoms with Gasteiger partial charge in [0.25, 0.3) is 11.8 Å². The second-order valence-electron chi connectivity index (χ2n) is 5.01. The number of piperidine rings is 1. The number of nitrogens with one attached hydrogen (secondary N) is 2. The molecule has 2 aliphatic rings. The molecule has 3 rings (SSSR count). The Balaban J connectivity index is 1.93. The molecule has 0 spiro atoms. The maximum atomic E-state index is 12.5. The number of amides is 4. The van der Waals surface area contributed by atoms with Crippen LogP contribution < -0.4 is 10.0 Å². The minimum Gasteiger partial charge on any atom is -0.330 e. The van der Waals surface area contributed by atoms with Gasteiger partial charge in [0.2, 0.25) is 11.8 Å². The Hall–Kier alpha value is -2.35. The fourth-order valence-electron chi connectivity index (χ4n) is 2.65. The Kier molecular flexibility index (Phi) is 3.61. The third kappa shape index (κ3) is 2.25. The number of rotatable bonds is 3. The van der Waals surface area contributed by atoms with Crippen LogP contribution >= 0.6 is 11.9 Å². The van der Waals surface area contributed by atoms with Crippen molar-refractivity contribution in [1.29, 1.82) is 0 Å². The Morgan fingerprint density at radius 1 is 1.18 bits per heavy atom. The number of hydrogen-bond acceptors (Lipinski definition) is 6. The van der Waals surface area contributed by atoms with Gasteiger partial charge in [0, 0.05) is 18.4 Å². The summed E-state index contributed by atoms with van der Waals surface area (Å²) in [5.74, 6) is -1.98. The summed E-state index contributed by atoms with van der Waals surface area (Å²) in [5.41, 5.74) is 1.26.